The Morgan fingerprint density at radius 2 is 1.00 bits per heavy atom. The van der Waals surface area contributed by atoms with E-state index in [0.717, 1.165) is 60.6 Å². The summed E-state index contributed by atoms with van der Waals surface area (Å²) in [5, 5.41) is 6.68. The van der Waals surface area contributed by atoms with Gasteiger partial charge in [0.25, 0.3) is 0 Å². The quantitative estimate of drug-likeness (QED) is 0.180. The lowest BCUT2D eigenvalue weighted by Crippen LogP contribution is -2.01. The molecule has 252 valence electrons. The van der Waals surface area contributed by atoms with E-state index in [0.29, 0.717) is 23.2 Å². The van der Waals surface area contributed by atoms with Gasteiger partial charge in [-0.1, -0.05) is 127 Å². The molecule has 0 aliphatic carbocycles. The van der Waals surface area contributed by atoms with Gasteiger partial charge >= 0.3 is 0 Å². The third-order valence-corrected chi connectivity index (χ3v) is 10.3. The summed E-state index contributed by atoms with van der Waals surface area (Å²) in [6.45, 7) is 0. The molecule has 54 heavy (non-hydrogen) atoms. The van der Waals surface area contributed by atoms with Gasteiger partial charge in [0.05, 0.1) is 11.0 Å². The van der Waals surface area contributed by atoms with E-state index in [-0.39, 0.29) is 0 Å². The summed E-state index contributed by atoms with van der Waals surface area (Å²) in [5.74, 6) is 1.72. The monoisotopic (exact) mass is 691 g/mol. The first-order chi connectivity index (χ1) is 26.7. The zero-order chi connectivity index (χ0) is 35.6. The predicted molar refractivity (Wildman–Crippen MR) is 218 cm³/mol. The number of aromatic nitrogens is 5. The fourth-order valence-electron chi connectivity index (χ4n) is 7.73. The highest BCUT2D eigenvalue weighted by atomic mass is 16.3. The van der Waals surface area contributed by atoms with Gasteiger partial charge in [0.1, 0.15) is 5.58 Å². The summed E-state index contributed by atoms with van der Waals surface area (Å²) >= 11 is 0. The average molecular weight is 692 g/mol. The second-order valence-corrected chi connectivity index (χ2v) is 13.5. The minimum Gasteiger partial charge on any atom is -0.438 e. The Balaban J connectivity index is 1.07. The highest BCUT2D eigenvalue weighted by Crippen LogP contribution is 2.37. The third-order valence-electron chi connectivity index (χ3n) is 10.3. The van der Waals surface area contributed by atoms with Crippen LogP contribution in [0.2, 0.25) is 0 Å². The molecule has 11 aromatic rings. The van der Waals surface area contributed by atoms with Crippen LogP contribution >= 0.6 is 0 Å². The fourth-order valence-corrected chi connectivity index (χ4v) is 7.73. The standard InChI is InChI=1S/C48H29N5O/c1-2-12-32-27-33(22-21-30(32)11-1)45-50-46(34-28-41-39-16-7-10-20-44(39)54-48(41)49-29-34)52-47(51-45)40-17-4-3-13-36(40)31-23-25-35(26-24-31)53-42-18-8-5-14-37(42)38-15-6-9-19-43(38)53/h1-29H. The molecule has 0 aliphatic rings. The van der Waals surface area contributed by atoms with E-state index >= 15 is 0 Å². The molecular formula is C48H29N5O. The summed E-state index contributed by atoms with van der Waals surface area (Å²) in [7, 11) is 0. The van der Waals surface area contributed by atoms with E-state index in [9.17, 15) is 0 Å². The van der Waals surface area contributed by atoms with Crippen LogP contribution in [0, 0.1) is 0 Å². The van der Waals surface area contributed by atoms with Gasteiger partial charge in [0.2, 0.25) is 5.71 Å². The second-order valence-electron chi connectivity index (χ2n) is 13.5. The average Bonchev–Trinajstić information content (AvgIpc) is 3.79. The van der Waals surface area contributed by atoms with Crippen molar-refractivity contribution >= 4 is 54.6 Å². The van der Waals surface area contributed by atoms with Crippen molar-refractivity contribution in [1.29, 1.82) is 0 Å². The smallest absolute Gasteiger partial charge is 0.227 e. The van der Waals surface area contributed by atoms with E-state index in [1.54, 1.807) is 6.20 Å². The van der Waals surface area contributed by atoms with Crippen LogP contribution in [0.3, 0.4) is 0 Å². The van der Waals surface area contributed by atoms with Crippen molar-refractivity contribution in [3.05, 3.63) is 176 Å². The third kappa shape index (κ3) is 4.89. The molecule has 6 heteroatoms. The normalized spacial score (nSPS) is 11.7. The highest BCUT2D eigenvalue weighted by Gasteiger charge is 2.18. The van der Waals surface area contributed by atoms with Crippen LogP contribution in [-0.2, 0) is 0 Å². The van der Waals surface area contributed by atoms with E-state index < -0.39 is 0 Å². The van der Waals surface area contributed by atoms with Crippen molar-refractivity contribution in [3.8, 4) is 51.0 Å². The first kappa shape index (κ1) is 30.2. The Morgan fingerprint density at radius 1 is 0.407 bits per heavy atom. The van der Waals surface area contributed by atoms with Crippen molar-refractivity contribution in [2.45, 2.75) is 0 Å². The molecule has 4 aromatic heterocycles. The molecule has 0 amide bonds. The molecule has 0 saturated carbocycles. The molecule has 0 spiro atoms. The number of nitrogens with zero attached hydrogens (tertiary/aromatic N) is 5. The lowest BCUT2D eigenvalue weighted by Gasteiger charge is -2.13. The lowest BCUT2D eigenvalue weighted by molar-refractivity contribution is 0.654. The van der Waals surface area contributed by atoms with Crippen LogP contribution < -0.4 is 0 Å². The molecule has 0 radical (unpaired) electrons. The maximum atomic E-state index is 6.04. The van der Waals surface area contributed by atoms with Crippen LogP contribution in [0.15, 0.2) is 180 Å². The van der Waals surface area contributed by atoms with Crippen molar-refractivity contribution in [3.63, 3.8) is 0 Å². The van der Waals surface area contributed by atoms with Gasteiger partial charge < -0.3 is 8.98 Å². The molecule has 7 aromatic carbocycles. The Morgan fingerprint density at radius 3 is 1.78 bits per heavy atom. The number of fused-ring (bicyclic) bond motifs is 7. The number of rotatable bonds is 5. The summed E-state index contributed by atoms with van der Waals surface area (Å²) in [5.41, 5.74) is 9.55. The minimum absolute atomic E-state index is 0.541. The van der Waals surface area contributed by atoms with Crippen molar-refractivity contribution in [2.75, 3.05) is 0 Å². The van der Waals surface area contributed by atoms with E-state index in [4.69, 9.17) is 24.4 Å². The van der Waals surface area contributed by atoms with Gasteiger partial charge in [-0.3, -0.25) is 0 Å². The first-order valence-corrected chi connectivity index (χ1v) is 18.0. The second kappa shape index (κ2) is 12.1. The maximum absolute atomic E-state index is 6.04. The SMILES string of the molecule is c1ccc(-c2nc(-c3ccc4ccccc4c3)nc(-c3cnc4oc5ccccc5c4c3)n2)c(-c2ccc(-n3c4ccccc4c4ccccc43)cc2)c1. The molecular weight excluding hydrogens is 663 g/mol. The van der Waals surface area contributed by atoms with Crippen LogP contribution in [0.1, 0.15) is 0 Å². The summed E-state index contributed by atoms with van der Waals surface area (Å²) in [6, 6.07) is 59.0. The molecule has 0 aliphatic heterocycles. The summed E-state index contributed by atoms with van der Waals surface area (Å²) in [4.78, 5) is 20.1. The number of pyridine rings is 1. The first-order valence-electron chi connectivity index (χ1n) is 18.0. The Bertz CT molecular complexity index is 3180. The molecule has 0 unspecified atom stereocenters. The summed E-state index contributed by atoms with van der Waals surface area (Å²) in [6.07, 6.45) is 1.79. The molecule has 0 fully saturated rings. The predicted octanol–water partition coefficient (Wildman–Crippen LogP) is 12.1. The van der Waals surface area contributed by atoms with Crippen molar-refractivity contribution < 1.29 is 4.42 Å². The molecule has 0 N–H and O–H groups in total. The maximum Gasteiger partial charge on any atom is 0.227 e. The largest absolute Gasteiger partial charge is 0.438 e. The number of benzene rings is 7. The topological polar surface area (TPSA) is 69.6 Å². The number of furan rings is 1. The van der Waals surface area contributed by atoms with Gasteiger partial charge in [-0.25, -0.2) is 19.9 Å². The Labute approximate surface area is 309 Å². The number of hydrogen-bond acceptors (Lipinski definition) is 5. The zero-order valence-electron chi connectivity index (χ0n) is 28.9. The van der Waals surface area contributed by atoms with Gasteiger partial charge in [-0.05, 0) is 64.4 Å². The lowest BCUT2D eigenvalue weighted by atomic mass is 9.98. The van der Waals surface area contributed by atoms with Crippen LogP contribution in [0.25, 0.3) is 106 Å². The molecule has 0 bridgehead atoms. The van der Waals surface area contributed by atoms with E-state index in [1.807, 2.05) is 24.3 Å². The molecule has 6 nitrogen and oxygen atoms in total. The molecule has 11 rings (SSSR count). The van der Waals surface area contributed by atoms with Crippen LogP contribution in [0.4, 0.5) is 0 Å². The number of para-hydroxylation sites is 3. The van der Waals surface area contributed by atoms with Crippen LogP contribution in [0.5, 0.6) is 0 Å². The van der Waals surface area contributed by atoms with Gasteiger partial charge in [0, 0.05) is 50.1 Å². The van der Waals surface area contributed by atoms with E-state index in [2.05, 4.69) is 150 Å². The summed E-state index contributed by atoms with van der Waals surface area (Å²) < 4.78 is 8.38. The minimum atomic E-state index is 0.541. The Kier molecular flexibility index (Phi) is 6.75. The number of hydrogen-bond donors (Lipinski definition) is 0. The van der Waals surface area contributed by atoms with E-state index in [1.165, 1.54) is 21.8 Å². The molecule has 0 saturated heterocycles. The Hall–Kier alpha value is -7.44. The fraction of sp³-hybridized carbons (Fsp3) is 0. The van der Waals surface area contributed by atoms with Crippen molar-refractivity contribution in [1.82, 2.24) is 24.5 Å². The molecule has 4 heterocycles. The van der Waals surface area contributed by atoms with Crippen molar-refractivity contribution in [2.24, 2.45) is 0 Å². The van der Waals surface area contributed by atoms with Gasteiger partial charge in [0.15, 0.2) is 17.5 Å². The van der Waals surface area contributed by atoms with Crippen LogP contribution in [-0.4, -0.2) is 24.5 Å². The highest BCUT2D eigenvalue weighted by molar-refractivity contribution is 6.09. The zero-order valence-corrected chi connectivity index (χ0v) is 28.9. The van der Waals surface area contributed by atoms with Gasteiger partial charge in [-0.2, -0.15) is 0 Å². The molecule has 0 atom stereocenters. The van der Waals surface area contributed by atoms with Gasteiger partial charge in [-0.15, -0.1) is 0 Å².